The highest BCUT2D eigenvalue weighted by Gasteiger charge is 2.32. The van der Waals surface area contributed by atoms with E-state index in [4.69, 9.17) is 4.74 Å². The van der Waals surface area contributed by atoms with E-state index in [0.717, 1.165) is 11.1 Å². The normalized spacial score (nSPS) is 18.2. The minimum Gasteiger partial charge on any atom is -0.365 e. The lowest BCUT2D eigenvalue weighted by molar-refractivity contribution is -0.131. The molecule has 5 rings (SSSR count). The van der Waals surface area contributed by atoms with E-state index in [1.165, 1.54) is 12.1 Å². The first-order chi connectivity index (χ1) is 16.1. The summed E-state index contributed by atoms with van der Waals surface area (Å²) in [5, 5.41) is 8.34. The van der Waals surface area contributed by atoms with Crippen molar-refractivity contribution in [3.8, 4) is 0 Å². The molecule has 170 valence electrons. The number of amides is 2. The molecule has 3 heterocycles. The number of halogens is 1. The molecule has 0 aliphatic carbocycles. The Bertz CT molecular complexity index is 1140. The molecule has 0 bridgehead atoms. The van der Waals surface area contributed by atoms with Crippen molar-refractivity contribution in [3.63, 3.8) is 0 Å². The van der Waals surface area contributed by atoms with Crippen molar-refractivity contribution in [1.82, 2.24) is 24.8 Å². The van der Waals surface area contributed by atoms with Crippen LogP contribution in [0.25, 0.3) is 0 Å². The van der Waals surface area contributed by atoms with E-state index in [0.29, 0.717) is 44.1 Å². The average Bonchev–Trinajstić information content (AvgIpc) is 3.29. The van der Waals surface area contributed by atoms with Crippen molar-refractivity contribution < 1.29 is 18.7 Å². The van der Waals surface area contributed by atoms with Gasteiger partial charge in [-0.3, -0.25) is 9.59 Å². The number of carbonyl (C=O) groups is 2. The van der Waals surface area contributed by atoms with Gasteiger partial charge in [-0.05, 0) is 23.3 Å². The molecule has 1 atom stereocenters. The van der Waals surface area contributed by atoms with E-state index < -0.39 is 0 Å². The molecule has 1 saturated heterocycles. The first kappa shape index (κ1) is 21.3. The van der Waals surface area contributed by atoms with Crippen LogP contribution in [-0.4, -0.2) is 62.8 Å². The second-order valence-electron chi connectivity index (χ2n) is 8.25. The maximum Gasteiger partial charge on any atom is 0.276 e. The third kappa shape index (κ3) is 4.49. The highest BCUT2D eigenvalue weighted by atomic mass is 19.1. The number of carbonyl (C=O) groups excluding carboxylic acids is 2. The second kappa shape index (κ2) is 9.11. The molecule has 8 nitrogen and oxygen atoms in total. The molecule has 0 N–H and O–H groups in total. The van der Waals surface area contributed by atoms with Gasteiger partial charge in [-0.2, -0.15) is 0 Å². The molecule has 1 fully saturated rings. The second-order valence-corrected chi connectivity index (χ2v) is 8.25. The molecule has 2 aromatic carbocycles. The largest absolute Gasteiger partial charge is 0.365 e. The average molecular weight is 449 g/mol. The molecule has 0 unspecified atom stereocenters. The lowest BCUT2D eigenvalue weighted by atomic mass is 10.1. The zero-order chi connectivity index (χ0) is 22.8. The van der Waals surface area contributed by atoms with E-state index in [9.17, 15) is 14.0 Å². The van der Waals surface area contributed by atoms with Crippen molar-refractivity contribution in [3.05, 3.63) is 82.9 Å². The van der Waals surface area contributed by atoms with Crippen molar-refractivity contribution in [1.29, 1.82) is 0 Å². The zero-order valence-corrected chi connectivity index (χ0v) is 18.1. The van der Waals surface area contributed by atoms with Crippen LogP contribution in [0.3, 0.4) is 0 Å². The molecule has 3 aromatic rings. The summed E-state index contributed by atoms with van der Waals surface area (Å²) < 4.78 is 20.8. The fourth-order valence-corrected chi connectivity index (χ4v) is 4.24. The Hall–Kier alpha value is -3.59. The number of benzene rings is 2. The van der Waals surface area contributed by atoms with Gasteiger partial charge in [0.25, 0.3) is 5.91 Å². The lowest BCUT2D eigenvalue weighted by Gasteiger charge is -2.34. The smallest absolute Gasteiger partial charge is 0.276 e. The van der Waals surface area contributed by atoms with Gasteiger partial charge in [-0.15, -0.1) is 5.10 Å². The fraction of sp³-hybridized carbons (Fsp3) is 0.333. The Balaban J connectivity index is 1.18. The molecule has 2 aliphatic heterocycles. The summed E-state index contributed by atoms with van der Waals surface area (Å²) in [6.45, 7) is 2.51. The van der Waals surface area contributed by atoms with Gasteiger partial charge in [0.15, 0.2) is 5.69 Å². The SMILES string of the molecule is O=C(Cc1ccc(F)cc1)N1CCN(C(=O)c2nnn3c2CO[C@@H](c2ccccc2)C3)CC1. The minimum absolute atomic E-state index is 0.0323. The Kier molecular flexibility index (Phi) is 5.87. The van der Waals surface area contributed by atoms with Crippen LogP contribution >= 0.6 is 0 Å². The Morgan fingerprint density at radius 2 is 1.67 bits per heavy atom. The molecule has 0 radical (unpaired) electrons. The van der Waals surface area contributed by atoms with Gasteiger partial charge in [0.1, 0.15) is 11.9 Å². The monoisotopic (exact) mass is 449 g/mol. The van der Waals surface area contributed by atoms with E-state index in [2.05, 4.69) is 10.3 Å². The van der Waals surface area contributed by atoms with E-state index in [1.807, 2.05) is 30.3 Å². The maximum absolute atomic E-state index is 13.1. The fourth-order valence-electron chi connectivity index (χ4n) is 4.24. The summed E-state index contributed by atoms with van der Waals surface area (Å²) in [5.74, 6) is -0.547. The Morgan fingerprint density at radius 3 is 2.39 bits per heavy atom. The minimum atomic E-state index is -0.324. The van der Waals surface area contributed by atoms with E-state index in [1.54, 1.807) is 26.6 Å². The molecule has 2 aliphatic rings. The summed E-state index contributed by atoms with van der Waals surface area (Å²) >= 11 is 0. The van der Waals surface area contributed by atoms with Crippen LogP contribution in [0.15, 0.2) is 54.6 Å². The Labute approximate surface area is 190 Å². The predicted octanol–water partition coefficient (Wildman–Crippen LogP) is 2.22. The Morgan fingerprint density at radius 1 is 0.970 bits per heavy atom. The number of nitrogens with zero attached hydrogens (tertiary/aromatic N) is 5. The zero-order valence-electron chi connectivity index (χ0n) is 18.1. The first-order valence-corrected chi connectivity index (χ1v) is 11.0. The third-order valence-corrected chi connectivity index (χ3v) is 6.16. The molecule has 0 saturated carbocycles. The molecule has 1 aromatic heterocycles. The van der Waals surface area contributed by atoms with Crippen molar-refractivity contribution >= 4 is 11.8 Å². The van der Waals surface area contributed by atoms with Crippen LogP contribution in [0.5, 0.6) is 0 Å². The van der Waals surface area contributed by atoms with Crippen LogP contribution < -0.4 is 0 Å². The number of ether oxygens (including phenoxy) is 1. The van der Waals surface area contributed by atoms with Gasteiger partial charge < -0.3 is 14.5 Å². The van der Waals surface area contributed by atoms with Crippen molar-refractivity contribution in [2.75, 3.05) is 26.2 Å². The number of fused-ring (bicyclic) bond motifs is 1. The van der Waals surface area contributed by atoms with Gasteiger partial charge >= 0.3 is 0 Å². The summed E-state index contributed by atoms with van der Waals surface area (Å²) in [6, 6.07) is 15.8. The number of piperazine rings is 1. The van der Waals surface area contributed by atoms with E-state index in [-0.39, 0.29) is 36.8 Å². The van der Waals surface area contributed by atoms with Gasteiger partial charge in [-0.25, -0.2) is 9.07 Å². The number of hydrogen-bond acceptors (Lipinski definition) is 5. The number of hydrogen-bond donors (Lipinski definition) is 0. The number of aromatic nitrogens is 3. The van der Waals surface area contributed by atoms with Crippen molar-refractivity contribution in [2.24, 2.45) is 0 Å². The van der Waals surface area contributed by atoms with Crippen LogP contribution in [0.4, 0.5) is 4.39 Å². The van der Waals surface area contributed by atoms with Crippen molar-refractivity contribution in [2.45, 2.75) is 25.7 Å². The molecule has 0 spiro atoms. The number of rotatable bonds is 4. The lowest BCUT2D eigenvalue weighted by Crippen LogP contribution is -2.51. The summed E-state index contributed by atoms with van der Waals surface area (Å²) in [7, 11) is 0. The van der Waals surface area contributed by atoms with E-state index >= 15 is 0 Å². The van der Waals surface area contributed by atoms with Crippen LogP contribution in [0.2, 0.25) is 0 Å². The van der Waals surface area contributed by atoms with Crippen LogP contribution in [0.1, 0.15) is 33.4 Å². The van der Waals surface area contributed by atoms with Gasteiger partial charge in [0, 0.05) is 26.2 Å². The van der Waals surface area contributed by atoms with Gasteiger partial charge in [-0.1, -0.05) is 47.7 Å². The summed E-state index contributed by atoms with van der Waals surface area (Å²) in [5.41, 5.74) is 2.83. The molecule has 2 amide bonds. The predicted molar refractivity (Wildman–Crippen MR) is 117 cm³/mol. The third-order valence-electron chi connectivity index (χ3n) is 6.16. The van der Waals surface area contributed by atoms with Gasteiger partial charge in [0.05, 0.1) is 25.3 Å². The van der Waals surface area contributed by atoms with Gasteiger partial charge in [0.2, 0.25) is 5.91 Å². The summed E-state index contributed by atoms with van der Waals surface area (Å²) in [6.07, 6.45) is 0.0890. The molecule has 9 heteroatoms. The highest BCUT2D eigenvalue weighted by Crippen LogP contribution is 2.27. The van der Waals surface area contributed by atoms with Crippen LogP contribution in [0, 0.1) is 5.82 Å². The highest BCUT2D eigenvalue weighted by molar-refractivity contribution is 5.93. The topological polar surface area (TPSA) is 80.6 Å². The molecular formula is C24H24FN5O3. The standard InChI is InChI=1S/C24H24FN5O3/c25-19-8-6-17(7-9-19)14-22(31)28-10-12-29(13-11-28)24(32)23-20-16-33-21(15-30(20)27-26-23)18-4-2-1-3-5-18/h1-9,21H,10-16H2/t21-/m1/s1. The summed E-state index contributed by atoms with van der Waals surface area (Å²) in [4.78, 5) is 29.1. The molecule has 33 heavy (non-hydrogen) atoms. The molecular weight excluding hydrogens is 425 g/mol. The first-order valence-electron chi connectivity index (χ1n) is 11.0. The quantitative estimate of drug-likeness (QED) is 0.610. The van der Waals surface area contributed by atoms with Crippen LogP contribution in [-0.2, 0) is 29.1 Å². The maximum atomic E-state index is 13.1.